The van der Waals surface area contributed by atoms with Crippen LogP contribution in [0, 0.1) is 0 Å². The standard InChI is InChI=1S/C43H38Cl2N2O11/c1-46-13-11-23(37-27(48)15-29(50)39-31(52)17-33(55-41(37)39)21-7-3-5-9-25(21)44)35(19-46)57-43(54)58-36-20-47(2)14-12-24(36)38-28(49)16-30(51)40-32(53)18-34(56-42(38)40)22-8-4-6-10-26(22)45/h3-10,15-18,23-24,35-36,48-51H,11-14,19-20H2,1-2H3/t23-,24-,35+,36+/m0/s1. The molecule has 2 saturated heterocycles. The highest BCUT2D eigenvalue weighted by Crippen LogP contribution is 2.46. The molecule has 4 atom stereocenters. The SMILES string of the molecule is CN1CC[C@H](c2c(O)cc(O)c3c(=O)cc(-c4ccccc4Cl)oc23)[C@H](OC(=O)O[C@@H]2CN(C)CC[C@@H]2c2c(O)cc(O)c3c(=O)cc(-c4ccccc4Cl)oc23)C1. The molecule has 0 spiro atoms. The molecule has 58 heavy (non-hydrogen) atoms. The van der Waals surface area contributed by atoms with Gasteiger partial charge in [-0.2, -0.15) is 0 Å². The van der Waals surface area contributed by atoms with Crippen molar-refractivity contribution in [2.24, 2.45) is 0 Å². The van der Waals surface area contributed by atoms with Crippen LogP contribution < -0.4 is 10.9 Å². The topological polar surface area (TPSA) is 183 Å². The van der Waals surface area contributed by atoms with Gasteiger partial charge in [-0.1, -0.05) is 47.5 Å². The smallest absolute Gasteiger partial charge is 0.507 e. The number of nitrogens with zero attached hydrogens (tertiary/aromatic N) is 2. The maximum atomic E-state index is 14.0. The number of phenolic OH excluding ortho intramolecular Hbond substituents is 4. The van der Waals surface area contributed by atoms with Crippen LogP contribution >= 0.6 is 23.2 Å². The molecule has 4 aromatic carbocycles. The third-order valence-electron chi connectivity index (χ3n) is 11.0. The summed E-state index contributed by atoms with van der Waals surface area (Å²) >= 11 is 12.9. The van der Waals surface area contributed by atoms with E-state index in [0.717, 1.165) is 12.1 Å². The van der Waals surface area contributed by atoms with E-state index in [1.165, 1.54) is 12.1 Å². The Morgan fingerprint density at radius 2 is 1.03 bits per heavy atom. The van der Waals surface area contributed by atoms with Crippen molar-refractivity contribution in [1.29, 1.82) is 0 Å². The Labute approximate surface area is 340 Å². The van der Waals surface area contributed by atoms with Crippen LogP contribution in [0.4, 0.5) is 4.79 Å². The summed E-state index contributed by atoms with van der Waals surface area (Å²) in [6.07, 6.45) is -2.19. The Morgan fingerprint density at radius 3 is 1.43 bits per heavy atom. The summed E-state index contributed by atoms with van der Waals surface area (Å²) in [6.45, 7) is 1.48. The zero-order valence-corrected chi connectivity index (χ0v) is 32.8. The average molecular weight is 830 g/mol. The van der Waals surface area contributed by atoms with Crippen molar-refractivity contribution in [2.45, 2.75) is 36.9 Å². The third-order valence-corrected chi connectivity index (χ3v) is 11.7. The molecule has 4 heterocycles. The minimum atomic E-state index is -1.04. The molecule has 0 unspecified atom stereocenters. The molecule has 0 saturated carbocycles. The van der Waals surface area contributed by atoms with Crippen molar-refractivity contribution < 1.29 is 43.5 Å². The molecule has 15 heteroatoms. The lowest BCUT2D eigenvalue weighted by atomic mass is 9.85. The van der Waals surface area contributed by atoms with E-state index < -0.39 is 52.6 Å². The van der Waals surface area contributed by atoms with Gasteiger partial charge in [0.2, 0.25) is 0 Å². The van der Waals surface area contributed by atoms with Crippen LogP contribution in [-0.4, -0.2) is 88.9 Å². The fourth-order valence-electron chi connectivity index (χ4n) is 8.26. The zero-order valence-electron chi connectivity index (χ0n) is 31.3. The van der Waals surface area contributed by atoms with E-state index in [0.29, 0.717) is 47.1 Å². The van der Waals surface area contributed by atoms with Crippen molar-refractivity contribution >= 4 is 51.3 Å². The van der Waals surface area contributed by atoms with Crippen LogP contribution in [0.25, 0.3) is 44.6 Å². The predicted octanol–water partition coefficient (Wildman–Crippen LogP) is 7.79. The molecule has 0 bridgehead atoms. The number of rotatable bonds is 6. The number of aromatic hydroxyl groups is 4. The number of ether oxygens (including phenoxy) is 2. The molecule has 8 rings (SSSR count). The summed E-state index contributed by atoms with van der Waals surface area (Å²) in [4.78, 5) is 44.8. The minimum absolute atomic E-state index is 0.0715. The molecule has 6 aromatic rings. The summed E-state index contributed by atoms with van der Waals surface area (Å²) in [5.74, 6) is -2.88. The van der Waals surface area contributed by atoms with Gasteiger partial charge in [-0.15, -0.1) is 0 Å². The molecular formula is C43H38Cl2N2O11. The second kappa shape index (κ2) is 15.6. The Bertz CT molecular complexity index is 2530. The number of phenols is 4. The molecule has 0 radical (unpaired) electrons. The second-order valence-corrected chi connectivity index (χ2v) is 15.7. The number of likely N-dealkylation sites (tertiary alicyclic amines) is 2. The van der Waals surface area contributed by atoms with Crippen molar-refractivity contribution in [3.8, 4) is 45.6 Å². The first-order valence-electron chi connectivity index (χ1n) is 18.6. The van der Waals surface area contributed by atoms with Gasteiger partial charge in [0.1, 0.15) is 68.7 Å². The van der Waals surface area contributed by atoms with E-state index >= 15 is 0 Å². The van der Waals surface area contributed by atoms with Crippen LogP contribution in [0.5, 0.6) is 23.0 Å². The number of carbonyl (C=O) groups excluding carboxylic acids is 1. The summed E-state index contributed by atoms with van der Waals surface area (Å²) in [5, 5.41) is 44.7. The lowest BCUT2D eigenvalue weighted by Crippen LogP contribution is -2.46. The molecule has 4 N–H and O–H groups in total. The summed E-state index contributed by atoms with van der Waals surface area (Å²) in [7, 11) is 3.69. The van der Waals surface area contributed by atoms with Gasteiger partial charge in [-0.25, -0.2) is 4.79 Å². The van der Waals surface area contributed by atoms with E-state index in [2.05, 4.69) is 0 Å². The van der Waals surface area contributed by atoms with Crippen LogP contribution in [-0.2, 0) is 9.47 Å². The Balaban J connectivity index is 1.15. The van der Waals surface area contributed by atoms with E-state index in [1.54, 1.807) is 48.5 Å². The molecule has 13 nitrogen and oxygen atoms in total. The van der Waals surface area contributed by atoms with Crippen molar-refractivity contribution in [3.63, 3.8) is 0 Å². The van der Waals surface area contributed by atoms with E-state index in [9.17, 15) is 34.8 Å². The van der Waals surface area contributed by atoms with Gasteiger partial charge in [0, 0.05) is 71.4 Å². The Morgan fingerprint density at radius 1 is 0.638 bits per heavy atom. The molecule has 2 fully saturated rings. The molecule has 2 aliphatic rings. The van der Waals surface area contributed by atoms with Gasteiger partial charge < -0.3 is 48.5 Å². The first-order valence-corrected chi connectivity index (χ1v) is 19.3. The Kier molecular flexibility index (Phi) is 10.5. The maximum Gasteiger partial charge on any atom is 0.508 e. The molecule has 0 amide bonds. The number of fused-ring (bicyclic) bond motifs is 2. The summed E-state index contributed by atoms with van der Waals surface area (Å²) < 4.78 is 24.7. The summed E-state index contributed by atoms with van der Waals surface area (Å²) in [5.41, 5.74) is -0.0739. The number of hydrogen-bond acceptors (Lipinski definition) is 13. The normalized spacial score (nSPS) is 20.3. The van der Waals surface area contributed by atoms with E-state index in [-0.39, 0.29) is 69.2 Å². The van der Waals surface area contributed by atoms with Gasteiger partial charge in [-0.05, 0) is 64.3 Å². The lowest BCUT2D eigenvalue weighted by Gasteiger charge is -2.38. The number of likely N-dealkylation sites (N-methyl/N-ethyl adjacent to an activating group) is 2. The van der Waals surface area contributed by atoms with Crippen LogP contribution in [0.3, 0.4) is 0 Å². The predicted molar refractivity (Wildman–Crippen MR) is 217 cm³/mol. The zero-order chi connectivity index (χ0) is 41.0. The second-order valence-electron chi connectivity index (χ2n) is 14.9. The highest BCUT2D eigenvalue weighted by atomic mass is 35.5. The Hall–Kier alpha value is -5.73. The quantitative estimate of drug-likeness (QED) is 0.120. The van der Waals surface area contributed by atoms with Crippen LogP contribution in [0.1, 0.15) is 35.8 Å². The monoisotopic (exact) mass is 828 g/mol. The average Bonchev–Trinajstić information content (AvgIpc) is 3.16. The van der Waals surface area contributed by atoms with Gasteiger partial charge in [0.15, 0.2) is 10.9 Å². The van der Waals surface area contributed by atoms with Gasteiger partial charge in [-0.3, -0.25) is 9.59 Å². The largest absolute Gasteiger partial charge is 0.508 e. The number of carbonyl (C=O) groups is 1. The van der Waals surface area contributed by atoms with E-state index in [4.69, 9.17) is 41.5 Å². The van der Waals surface area contributed by atoms with Crippen molar-refractivity contribution in [3.05, 3.63) is 114 Å². The number of piperidine rings is 2. The van der Waals surface area contributed by atoms with Crippen molar-refractivity contribution in [2.75, 3.05) is 40.3 Å². The highest BCUT2D eigenvalue weighted by Gasteiger charge is 2.40. The molecule has 2 aromatic heterocycles. The number of halogens is 2. The highest BCUT2D eigenvalue weighted by molar-refractivity contribution is 6.33. The number of hydrogen-bond donors (Lipinski definition) is 4. The summed E-state index contributed by atoms with van der Waals surface area (Å²) in [6, 6.07) is 18.1. The number of benzene rings is 4. The first-order chi connectivity index (χ1) is 27.8. The van der Waals surface area contributed by atoms with Gasteiger partial charge in [0.05, 0.1) is 10.0 Å². The molecule has 0 aliphatic carbocycles. The molecule has 300 valence electrons. The fraction of sp³-hybridized carbons (Fsp3) is 0.279. The maximum absolute atomic E-state index is 14.0. The molecule has 2 aliphatic heterocycles. The van der Waals surface area contributed by atoms with Gasteiger partial charge in [0.25, 0.3) is 0 Å². The van der Waals surface area contributed by atoms with E-state index in [1.807, 2.05) is 23.9 Å². The van der Waals surface area contributed by atoms with Gasteiger partial charge >= 0.3 is 6.16 Å². The van der Waals surface area contributed by atoms with Crippen LogP contribution in [0.2, 0.25) is 10.0 Å². The minimum Gasteiger partial charge on any atom is -0.507 e. The third kappa shape index (κ3) is 7.19. The lowest BCUT2D eigenvalue weighted by molar-refractivity contribution is -0.0454. The van der Waals surface area contributed by atoms with Crippen LogP contribution in [0.15, 0.2) is 91.2 Å². The first kappa shape index (κ1) is 39.1. The molecular weight excluding hydrogens is 791 g/mol. The fourth-order valence-corrected chi connectivity index (χ4v) is 8.72. The van der Waals surface area contributed by atoms with Crippen molar-refractivity contribution in [1.82, 2.24) is 9.80 Å².